The van der Waals surface area contributed by atoms with Gasteiger partial charge in [-0.3, -0.25) is 14.7 Å². The van der Waals surface area contributed by atoms with Crippen LogP contribution in [0.2, 0.25) is 5.02 Å². The van der Waals surface area contributed by atoms with Crippen molar-refractivity contribution in [3.05, 3.63) is 52.0 Å². The van der Waals surface area contributed by atoms with Gasteiger partial charge in [0.15, 0.2) is 0 Å². The number of benzene rings is 2. The second-order valence-corrected chi connectivity index (χ2v) is 12.7. The standard InChI is InChI=1S/C31H33ClF3N3O3/c1-29(18-39)15-20(16-29)19-2-4-23-24(31(33,34)35)13-22(14-27(23)36-17-19)41-11-10-38-8-6-30(7-9-38)25-12-21(32)3-5-26(25)37-28(30)40/h3,5,12-14,17-20H,2,4,6-11,15-16H2,1H3,(H,37,40)/t19?,20-,29+. The molecule has 6 nitrogen and oxygen atoms in total. The van der Waals surface area contributed by atoms with E-state index in [0.717, 1.165) is 36.4 Å². The monoisotopic (exact) mass is 587 g/mol. The lowest BCUT2D eigenvalue weighted by molar-refractivity contribution is -0.138. The van der Waals surface area contributed by atoms with Crippen molar-refractivity contribution in [2.24, 2.45) is 22.2 Å². The zero-order valence-corrected chi connectivity index (χ0v) is 23.7. The summed E-state index contributed by atoms with van der Waals surface area (Å²) in [4.78, 5) is 30.8. The minimum Gasteiger partial charge on any atom is -0.492 e. The highest BCUT2D eigenvalue weighted by Crippen LogP contribution is 2.50. The molecule has 1 aliphatic carbocycles. The van der Waals surface area contributed by atoms with E-state index in [-0.39, 0.29) is 47.5 Å². The van der Waals surface area contributed by atoms with Gasteiger partial charge in [-0.25, -0.2) is 0 Å². The number of carbonyl (C=O) groups is 2. The molecule has 41 heavy (non-hydrogen) atoms. The van der Waals surface area contributed by atoms with E-state index in [9.17, 15) is 22.8 Å². The lowest BCUT2D eigenvalue weighted by Crippen LogP contribution is -2.47. The maximum Gasteiger partial charge on any atom is 0.416 e. The van der Waals surface area contributed by atoms with Crippen molar-refractivity contribution in [3.63, 3.8) is 0 Å². The predicted octanol–water partition coefficient (Wildman–Crippen LogP) is 6.60. The molecule has 6 rings (SSSR count). The second kappa shape index (κ2) is 10.4. The van der Waals surface area contributed by atoms with Crippen molar-refractivity contribution in [3.8, 4) is 5.75 Å². The molecule has 2 fully saturated rings. The van der Waals surface area contributed by atoms with Crippen molar-refractivity contribution in [2.75, 3.05) is 31.6 Å². The molecule has 1 amide bonds. The van der Waals surface area contributed by atoms with E-state index in [1.807, 2.05) is 19.1 Å². The number of ether oxygens (including phenoxy) is 1. The molecule has 3 heterocycles. The Morgan fingerprint density at radius 1 is 1.20 bits per heavy atom. The van der Waals surface area contributed by atoms with Gasteiger partial charge in [0.25, 0.3) is 0 Å². The fraction of sp³-hybridized carbons (Fsp3) is 0.516. The van der Waals surface area contributed by atoms with E-state index in [0.29, 0.717) is 49.6 Å². The van der Waals surface area contributed by atoms with Crippen LogP contribution in [-0.2, 0) is 27.6 Å². The smallest absolute Gasteiger partial charge is 0.416 e. The van der Waals surface area contributed by atoms with Gasteiger partial charge >= 0.3 is 6.18 Å². The summed E-state index contributed by atoms with van der Waals surface area (Å²) >= 11 is 6.21. The number of rotatable bonds is 6. The van der Waals surface area contributed by atoms with Gasteiger partial charge in [-0.2, -0.15) is 13.2 Å². The van der Waals surface area contributed by atoms with Gasteiger partial charge in [-0.15, -0.1) is 0 Å². The minimum absolute atomic E-state index is 0.00631. The maximum absolute atomic E-state index is 14.1. The van der Waals surface area contributed by atoms with Crippen LogP contribution in [0.3, 0.4) is 0 Å². The van der Waals surface area contributed by atoms with Gasteiger partial charge in [-0.05, 0) is 98.8 Å². The number of aldehydes is 1. The van der Waals surface area contributed by atoms with Crippen molar-refractivity contribution >= 4 is 41.4 Å². The molecular weight excluding hydrogens is 555 g/mol. The van der Waals surface area contributed by atoms with Crippen LogP contribution in [0.25, 0.3) is 0 Å². The second-order valence-electron chi connectivity index (χ2n) is 12.3. The van der Waals surface area contributed by atoms with Crippen LogP contribution in [0.1, 0.15) is 55.7 Å². The van der Waals surface area contributed by atoms with Crippen LogP contribution in [0.15, 0.2) is 35.3 Å². The van der Waals surface area contributed by atoms with E-state index < -0.39 is 17.2 Å². The maximum atomic E-state index is 14.1. The molecule has 2 aromatic rings. The number of nitrogens with zero attached hydrogens (tertiary/aromatic N) is 2. The highest BCUT2D eigenvalue weighted by atomic mass is 35.5. The number of fused-ring (bicyclic) bond motifs is 3. The van der Waals surface area contributed by atoms with Crippen molar-refractivity contribution in [1.82, 2.24) is 4.90 Å². The Kier molecular flexibility index (Phi) is 7.17. The molecule has 1 saturated carbocycles. The molecule has 1 unspecified atom stereocenters. The van der Waals surface area contributed by atoms with Crippen molar-refractivity contribution in [2.45, 2.75) is 57.0 Å². The summed E-state index contributed by atoms with van der Waals surface area (Å²) in [5, 5.41) is 3.57. The number of anilines is 1. The third-order valence-electron chi connectivity index (χ3n) is 9.55. The Labute approximate surface area is 242 Å². The average molecular weight is 588 g/mol. The molecular formula is C31H33ClF3N3O3. The number of halogens is 4. The Hall–Kier alpha value is -2.91. The number of amides is 1. The lowest BCUT2D eigenvalue weighted by atomic mass is 9.59. The largest absolute Gasteiger partial charge is 0.492 e. The first-order chi connectivity index (χ1) is 19.5. The van der Waals surface area contributed by atoms with Gasteiger partial charge in [0, 0.05) is 35.0 Å². The number of carbonyl (C=O) groups excluding carboxylic acids is 2. The number of aliphatic imine (C=N–C) groups is 1. The van der Waals surface area contributed by atoms with E-state index >= 15 is 0 Å². The quantitative estimate of drug-likeness (QED) is 0.387. The highest BCUT2D eigenvalue weighted by Gasteiger charge is 2.48. The SMILES string of the molecule is C[C@]1(C=O)C[C@@H](C2C=Nc3cc(OCCN4CCC5(CC4)C(=O)Nc4ccc(Cl)cc45)cc(C(F)(F)F)c3CC2)C1. The number of hydrogen-bond donors (Lipinski definition) is 1. The molecule has 3 aliphatic heterocycles. The van der Waals surface area contributed by atoms with Gasteiger partial charge < -0.3 is 14.8 Å². The zero-order chi connectivity index (χ0) is 29.0. The Bertz CT molecular complexity index is 1390. The van der Waals surface area contributed by atoms with Crippen molar-refractivity contribution in [1.29, 1.82) is 0 Å². The molecule has 2 aromatic carbocycles. The summed E-state index contributed by atoms with van der Waals surface area (Å²) in [6.07, 6.45) is 1.84. The Balaban J connectivity index is 1.10. The molecule has 1 atom stereocenters. The van der Waals surface area contributed by atoms with Crippen LogP contribution < -0.4 is 10.1 Å². The zero-order valence-electron chi connectivity index (χ0n) is 22.9. The van der Waals surface area contributed by atoms with Crippen LogP contribution >= 0.6 is 11.6 Å². The predicted molar refractivity (Wildman–Crippen MR) is 151 cm³/mol. The molecule has 0 aromatic heterocycles. The van der Waals surface area contributed by atoms with Gasteiger partial charge in [-0.1, -0.05) is 18.5 Å². The fourth-order valence-electron chi connectivity index (χ4n) is 7.13. The molecule has 1 saturated heterocycles. The Morgan fingerprint density at radius 3 is 2.66 bits per heavy atom. The first-order valence-electron chi connectivity index (χ1n) is 14.2. The average Bonchev–Trinajstić information content (AvgIpc) is 3.04. The third kappa shape index (κ3) is 5.27. The summed E-state index contributed by atoms with van der Waals surface area (Å²) in [5.41, 5.74) is 0.633. The lowest BCUT2D eigenvalue weighted by Gasteiger charge is -2.44. The minimum atomic E-state index is -4.52. The third-order valence-corrected chi connectivity index (χ3v) is 9.79. The molecule has 0 radical (unpaired) electrons. The van der Waals surface area contributed by atoms with Crippen LogP contribution in [0, 0.1) is 17.3 Å². The first-order valence-corrected chi connectivity index (χ1v) is 14.6. The summed E-state index contributed by atoms with van der Waals surface area (Å²) in [5.74, 6) is 0.454. The van der Waals surface area contributed by atoms with E-state index in [1.54, 1.807) is 18.3 Å². The summed E-state index contributed by atoms with van der Waals surface area (Å²) in [7, 11) is 0. The number of likely N-dealkylation sites (tertiary alicyclic amines) is 1. The summed E-state index contributed by atoms with van der Waals surface area (Å²) < 4.78 is 48.1. The topological polar surface area (TPSA) is 71.0 Å². The number of hydrogen-bond acceptors (Lipinski definition) is 5. The van der Waals surface area contributed by atoms with Crippen molar-refractivity contribution < 1.29 is 27.5 Å². The van der Waals surface area contributed by atoms with E-state index in [1.165, 1.54) is 0 Å². The molecule has 0 bridgehead atoms. The number of nitrogens with one attached hydrogen (secondary N) is 1. The van der Waals surface area contributed by atoms with Crippen LogP contribution in [0.5, 0.6) is 5.75 Å². The highest BCUT2D eigenvalue weighted by molar-refractivity contribution is 6.31. The van der Waals surface area contributed by atoms with Gasteiger partial charge in [0.2, 0.25) is 5.91 Å². The van der Waals surface area contributed by atoms with Gasteiger partial charge in [0.1, 0.15) is 18.6 Å². The number of alkyl halides is 3. The van der Waals surface area contributed by atoms with Gasteiger partial charge in [0.05, 0.1) is 16.7 Å². The number of piperidine rings is 1. The van der Waals surface area contributed by atoms with Crippen LogP contribution in [0.4, 0.5) is 24.5 Å². The van der Waals surface area contributed by atoms with E-state index in [2.05, 4.69) is 15.2 Å². The molecule has 1 N–H and O–H groups in total. The molecule has 10 heteroatoms. The summed E-state index contributed by atoms with van der Waals surface area (Å²) in [6.45, 7) is 4.00. The molecule has 4 aliphatic rings. The van der Waals surface area contributed by atoms with E-state index in [4.69, 9.17) is 16.3 Å². The molecule has 218 valence electrons. The molecule has 1 spiro atoms. The summed E-state index contributed by atoms with van der Waals surface area (Å²) in [6, 6.07) is 8.16. The first kappa shape index (κ1) is 28.2. The normalized spacial score (nSPS) is 27.0. The fourth-order valence-corrected chi connectivity index (χ4v) is 7.31. The Morgan fingerprint density at radius 2 is 1.95 bits per heavy atom. The van der Waals surface area contributed by atoms with Crippen LogP contribution in [-0.4, -0.2) is 49.5 Å².